The highest BCUT2D eigenvalue weighted by molar-refractivity contribution is 5.93. The van der Waals surface area contributed by atoms with Crippen LogP contribution >= 0.6 is 0 Å². The van der Waals surface area contributed by atoms with E-state index in [-0.39, 0.29) is 17.1 Å². The maximum Gasteiger partial charge on any atom is 0.339 e. The average Bonchev–Trinajstić information content (AvgIpc) is 2.48. The summed E-state index contributed by atoms with van der Waals surface area (Å²) in [4.78, 5) is 34.3. The largest absolute Gasteiger partial charge is 0.478 e. The molecule has 0 aliphatic heterocycles. The first kappa shape index (κ1) is 18.6. The minimum absolute atomic E-state index is 0.167. The van der Waals surface area contributed by atoms with E-state index in [1.54, 1.807) is 0 Å². The molecule has 0 saturated heterocycles. The third-order valence-electron chi connectivity index (χ3n) is 2.94. The van der Waals surface area contributed by atoms with Crippen LogP contribution in [0.15, 0.2) is 18.2 Å². The predicted octanol–water partition coefficient (Wildman–Crippen LogP) is 0.672. The summed E-state index contributed by atoms with van der Waals surface area (Å²) in [6, 6.07) is 3.06. The highest BCUT2D eigenvalue weighted by atomic mass is 16.6. The summed E-state index contributed by atoms with van der Waals surface area (Å²) in [7, 11) is 0. The summed E-state index contributed by atoms with van der Waals surface area (Å²) in [5.74, 6) is -3.28. The predicted molar refractivity (Wildman–Crippen MR) is 81.2 cm³/mol. The summed E-state index contributed by atoms with van der Waals surface area (Å²) in [6.07, 6.45) is 1.78. The number of para-hydroxylation sites is 1. The second-order valence-corrected chi connectivity index (χ2v) is 4.84. The van der Waals surface area contributed by atoms with Crippen LogP contribution in [0.4, 0.5) is 0 Å². The Morgan fingerprint density at radius 3 is 2.48 bits per heavy atom. The number of rotatable bonds is 8. The molecule has 5 N–H and O–H groups in total. The van der Waals surface area contributed by atoms with E-state index in [9.17, 15) is 14.4 Å². The molecule has 1 rings (SSSR count). The third-order valence-corrected chi connectivity index (χ3v) is 2.94. The number of ether oxygens (including phenoxy) is 2. The summed E-state index contributed by atoms with van der Waals surface area (Å²) in [6.45, 7) is 1.61. The number of aromatic carboxylic acids is 1. The Morgan fingerprint density at radius 2 is 1.91 bits per heavy atom. The van der Waals surface area contributed by atoms with Crippen molar-refractivity contribution in [2.45, 2.75) is 32.2 Å². The molecule has 23 heavy (non-hydrogen) atoms. The molecule has 0 bridgehead atoms. The second kappa shape index (κ2) is 8.86. The zero-order valence-corrected chi connectivity index (χ0v) is 12.8. The standard InChI is InChI=1S/C15H20N2O6/c1-9(18)22-13-10(14(19)20)5-4-7-12(13)23-15(21)11(17)6-2-3-8-16/h4-5,7,11H,2-3,6,8,16-17H2,1H3,(H,19,20). The Labute approximate surface area is 133 Å². The summed E-state index contributed by atoms with van der Waals surface area (Å²) in [5.41, 5.74) is 10.8. The number of nitrogens with two attached hydrogens (primary N) is 2. The third kappa shape index (κ3) is 5.68. The normalized spacial score (nSPS) is 11.6. The van der Waals surface area contributed by atoms with Crippen LogP contribution in [0.3, 0.4) is 0 Å². The molecule has 1 unspecified atom stereocenters. The number of hydrogen-bond donors (Lipinski definition) is 3. The fourth-order valence-electron chi connectivity index (χ4n) is 1.82. The van der Waals surface area contributed by atoms with Gasteiger partial charge < -0.3 is 26.0 Å². The van der Waals surface area contributed by atoms with E-state index >= 15 is 0 Å². The lowest BCUT2D eigenvalue weighted by Gasteiger charge is -2.14. The van der Waals surface area contributed by atoms with Gasteiger partial charge in [-0.2, -0.15) is 0 Å². The zero-order valence-electron chi connectivity index (χ0n) is 12.8. The van der Waals surface area contributed by atoms with E-state index in [2.05, 4.69) is 0 Å². The van der Waals surface area contributed by atoms with E-state index < -0.39 is 23.9 Å². The molecule has 0 aliphatic rings. The fraction of sp³-hybridized carbons (Fsp3) is 0.400. The van der Waals surface area contributed by atoms with Crippen molar-refractivity contribution in [3.8, 4) is 11.5 Å². The van der Waals surface area contributed by atoms with Gasteiger partial charge in [-0.3, -0.25) is 4.79 Å². The Hall–Kier alpha value is -2.45. The van der Waals surface area contributed by atoms with Crippen LogP contribution in [0, 0.1) is 0 Å². The van der Waals surface area contributed by atoms with Gasteiger partial charge in [0.1, 0.15) is 11.6 Å². The number of carboxylic acids is 1. The molecule has 1 atom stereocenters. The molecule has 0 fully saturated rings. The van der Waals surface area contributed by atoms with Crippen molar-refractivity contribution in [1.29, 1.82) is 0 Å². The van der Waals surface area contributed by atoms with Gasteiger partial charge in [0.25, 0.3) is 0 Å². The van der Waals surface area contributed by atoms with Crippen molar-refractivity contribution in [2.24, 2.45) is 11.5 Å². The van der Waals surface area contributed by atoms with Crippen LogP contribution in [0.2, 0.25) is 0 Å². The number of carbonyl (C=O) groups is 3. The van der Waals surface area contributed by atoms with Crippen LogP contribution < -0.4 is 20.9 Å². The lowest BCUT2D eigenvalue weighted by molar-refractivity contribution is -0.137. The molecule has 0 aromatic heterocycles. The Morgan fingerprint density at radius 1 is 1.22 bits per heavy atom. The minimum Gasteiger partial charge on any atom is -0.478 e. The topological polar surface area (TPSA) is 142 Å². The van der Waals surface area contributed by atoms with Gasteiger partial charge in [0, 0.05) is 6.92 Å². The van der Waals surface area contributed by atoms with Crippen LogP contribution in [-0.2, 0) is 9.59 Å². The van der Waals surface area contributed by atoms with Crippen LogP contribution in [-0.4, -0.2) is 35.6 Å². The Kier molecular flexibility index (Phi) is 7.17. The van der Waals surface area contributed by atoms with E-state index in [1.807, 2.05) is 0 Å². The Bertz CT molecular complexity index is 587. The van der Waals surface area contributed by atoms with Gasteiger partial charge in [-0.25, -0.2) is 9.59 Å². The molecule has 0 radical (unpaired) electrons. The molecule has 0 saturated carbocycles. The van der Waals surface area contributed by atoms with Crippen molar-refractivity contribution in [2.75, 3.05) is 6.54 Å². The highest BCUT2D eigenvalue weighted by Gasteiger charge is 2.22. The number of benzene rings is 1. The second-order valence-electron chi connectivity index (χ2n) is 4.84. The van der Waals surface area contributed by atoms with E-state index in [0.717, 1.165) is 13.3 Å². The molecule has 8 nitrogen and oxygen atoms in total. The van der Waals surface area contributed by atoms with Crippen LogP contribution in [0.1, 0.15) is 36.5 Å². The quantitative estimate of drug-likeness (QED) is 0.360. The van der Waals surface area contributed by atoms with Gasteiger partial charge in [-0.05, 0) is 31.5 Å². The first-order chi connectivity index (χ1) is 10.9. The lowest BCUT2D eigenvalue weighted by atomic mass is 10.1. The summed E-state index contributed by atoms with van der Waals surface area (Å²) < 4.78 is 9.96. The first-order valence-electron chi connectivity index (χ1n) is 7.08. The monoisotopic (exact) mass is 324 g/mol. The molecular formula is C15H20N2O6. The summed E-state index contributed by atoms with van der Waals surface area (Å²) >= 11 is 0. The molecule has 8 heteroatoms. The van der Waals surface area contributed by atoms with Crippen molar-refractivity contribution < 1.29 is 29.0 Å². The van der Waals surface area contributed by atoms with Gasteiger partial charge in [0.05, 0.1) is 0 Å². The molecule has 0 spiro atoms. The Balaban J connectivity index is 2.94. The van der Waals surface area contributed by atoms with Crippen molar-refractivity contribution >= 4 is 17.9 Å². The number of esters is 2. The van der Waals surface area contributed by atoms with Crippen molar-refractivity contribution in [1.82, 2.24) is 0 Å². The fourth-order valence-corrected chi connectivity index (χ4v) is 1.82. The number of hydrogen-bond acceptors (Lipinski definition) is 7. The van der Waals surface area contributed by atoms with Gasteiger partial charge in [-0.15, -0.1) is 0 Å². The maximum atomic E-state index is 12.0. The smallest absolute Gasteiger partial charge is 0.339 e. The van der Waals surface area contributed by atoms with Gasteiger partial charge in [-0.1, -0.05) is 12.5 Å². The van der Waals surface area contributed by atoms with Crippen molar-refractivity contribution in [3.05, 3.63) is 23.8 Å². The van der Waals surface area contributed by atoms with Gasteiger partial charge >= 0.3 is 17.9 Å². The molecule has 0 amide bonds. The molecule has 1 aromatic rings. The van der Waals surface area contributed by atoms with Crippen LogP contribution in [0.5, 0.6) is 11.5 Å². The molecule has 126 valence electrons. The average molecular weight is 324 g/mol. The van der Waals surface area contributed by atoms with E-state index in [1.165, 1.54) is 18.2 Å². The number of unbranched alkanes of at least 4 members (excludes halogenated alkanes) is 1. The molecule has 0 aliphatic carbocycles. The van der Waals surface area contributed by atoms with Gasteiger partial charge in [0.2, 0.25) is 0 Å². The van der Waals surface area contributed by atoms with Crippen LogP contribution in [0.25, 0.3) is 0 Å². The SMILES string of the molecule is CC(=O)Oc1c(OC(=O)C(N)CCCCN)cccc1C(=O)O. The zero-order chi connectivity index (χ0) is 17.4. The molecule has 1 aromatic carbocycles. The molecular weight excluding hydrogens is 304 g/mol. The maximum absolute atomic E-state index is 12.0. The summed E-state index contributed by atoms with van der Waals surface area (Å²) in [5, 5.41) is 9.12. The lowest BCUT2D eigenvalue weighted by Crippen LogP contribution is -2.34. The highest BCUT2D eigenvalue weighted by Crippen LogP contribution is 2.32. The van der Waals surface area contributed by atoms with Gasteiger partial charge in [0.15, 0.2) is 11.5 Å². The number of carbonyl (C=O) groups excluding carboxylic acids is 2. The van der Waals surface area contributed by atoms with Crippen molar-refractivity contribution in [3.63, 3.8) is 0 Å². The minimum atomic E-state index is -1.31. The van der Waals surface area contributed by atoms with E-state index in [0.29, 0.717) is 19.4 Å². The first-order valence-corrected chi connectivity index (χ1v) is 7.08. The molecule has 0 heterocycles. The van der Waals surface area contributed by atoms with E-state index in [4.69, 9.17) is 26.0 Å². The number of carboxylic acid groups (broad SMARTS) is 1.